The Morgan fingerprint density at radius 2 is 1.81 bits per heavy atom. The molecular formula is C14H14Cl2N2O2S. The van der Waals surface area contributed by atoms with Crippen molar-refractivity contribution < 1.29 is 8.42 Å². The van der Waals surface area contributed by atoms with Crippen molar-refractivity contribution in [3.63, 3.8) is 0 Å². The monoisotopic (exact) mass is 344 g/mol. The molecule has 0 aliphatic carbocycles. The topological polar surface area (TPSA) is 72.2 Å². The molecule has 0 aromatic heterocycles. The van der Waals surface area contributed by atoms with E-state index in [1.807, 2.05) is 6.92 Å². The fraction of sp³-hybridized carbons (Fsp3) is 0.143. The Bertz CT molecular complexity index is 777. The highest BCUT2D eigenvalue weighted by molar-refractivity contribution is 7.92. The van der Waals surface area contributed by atoms with Crippen LogP contribution in [0.15, 0.2) is 41.3 Å². The summed E-state index contributed by atoms with van der Waals surface area (Å²) in [5, 5.41) is 0.652. The number of benzene rings is 2. The second-order valence-electron chi connectivity index (χ2n) is 4.55. The third-order valence-electron chi connectivity index (χ3n) is 2.92. The van der Waals surface area contributed by atoms with Gasteiger partial charge in [0.2, 0.25) is 0 Å². The summed E-state index contributed by atoms with van der Waals surface area (Å²) in [6.07, 6.45) is 0. The molecule has 0 bridgehead atoms. The number of hydrogen-bond donors (Lipinski definition) is 2. The minimum Gasteiger partial charge on any atom is -0.326 e. The van der Waals surface area contributed by atoms with Gasteiger partial charge in [0.1, 0.15) is 0 Å². The lowest BCUT2D eigenvalue weighted by molar-refractivity contribution is 0.601. The lowest BCUT2D eigenvalue weighted by atomic mass is 10.2. The Labute approximate surface area is 133 Å². The van der Waals surface area contributed by atoms with Crippen LogP contribution in [-0.2, 0) is 16.6 Å². The molecule has 0 aliphatic rings. The van der Waals surface area contributed by atoms with Crippen molar-refractivity contribution in [3.8, 4) is 0 Å². The standard InChI is InChI=1S/C14H14Cl2N2O2S/c1-9-2-5-14(13(16)6-9)18-21(19,20)11-4-3-10(8-17)12(15)7-11/h2-7,18H,8,17H2,1H3. The van der Waals surface area contributed by atoms with Crippen molar-refractivity contribution in [2.75, 3.05) is 4.72 Å². The second kappa shape index (κ2) is 6.23. The first kappa shape index (κ1) is 16.1. The van der Waals surface area contributed by atoms with Crippen LogP contribution in [0.4, 0.5) is 5.69 Å². The average Bonchev–Trinajstić information content (AvgIpc) is 2.42. The molecule has 2 rings (SSSR count). The van der Waals surface area contributed by atoms with Crippen molar-refractivity contribution >= 4 is 38.9 Å². The van der Waals surface area contributed by atoms with Crippen LogP contribution in [0.3, 0.4) is 0 Å². The average molecular weight is 345 g/mol. The molecule has 0 amide bonds. The van der Waals surface area contributed by atoms with E-state index in [4.69, 9.17) is 28.9 Å². The van der Waals surface area contributed by atoms with E-state index in [0.717, 1.165) is 5.56 Å². The first-order valence-corrected chi connectivity index (χ1v) is 8.35. The molecule has 3 N–H and O–H groups in total. The molecule has 112 valence electrons. The van der Waals surface area contributed by atoms with Crippen LogP contribution in [0.5, 0.6) is 0 Å². The zero-order chi connectivity index (χ0) is 15.6. The zero-order valence-electron chi connectivity index (χ0n) is 11.2. The quantitative estimate of drug-likeness (QED) is 0.890. The Kier molecular flexibility index (Phi) is 4.78. The first-order chi connectivity index (χ1) is 9.83. The van der Waals surface area contributed by atoms with Crippen molar-refractivity contribution in [2.45, 2.75) is 18.4 Å². The number of hydrogen-bond acceptors (Lipinski definition) is 3. The maximum atomic E-state index is 12.3. The van der Waals surface area contributed by atoms with Crippen LogP contribution in [0.25, 0.3) is 0 Å². The van der Waals surface area contributed by atoms with Gasteiger partial charge in [0, 0.05) is 11.6 Å². The molecule has 2 aromatic carbocycles. The molecule has 0 heterocycles. The molecule has 21 heavy (non-hydrogen) atoms. The molecule has 7 heteroatoms. The van der Waals surface area contributed by atoms with E-state index >= 15 is 0 Å². The van der Waals surface area contributed by atoms with Crippen LogP contribution in [0.1, 0.15) is 11.1 Å². The van der Waals surface area contributed by atoms with Gasteiger partial charge in [-0.2, -0.15) is 0 Å². The fourth-order valence-electron chi connectivity index (χ4n) is 1.77. The molecule has 0 unspecified atom stereocenters. The Hall–Kier alpha value is -1.27. The minimum atomic E-state index is -3.76. The Morgan fingerprint density at radius 3 is 2.38 bits per heavy atom. The van der Waals surface area contributed by atoms with Gasteiger partial charge in [-0.1, -0.05) is 35.3 Å². The largest absolute Gasteiger partial charge is 0.326 e. The SMILES string of the molecule is Cc1ccc(NS(=O)(=O)c2ccc(CN)c(Cl)c2)c(Cl)c1. The van der Waals surface area contributed by atoms with Crippen molar-refractivity contribution in [1.29, 1.82) is 0 Å². The smallest absolute Gasteiger partial charge is 0.261 e. The normalized spacial score (nSPS) is 11.4. The predicted octanol–water partition coefficient (Wildman–Crippen LogP) is 3.56. The van der Waals surface area contributed by atoms with Gasteiger partial charge in [-0.3, -0.25) is 4.72 Å². The van der Waals surface area contributed by atoms with Crippen molar-refractivity contribution in [2.24, 2.45) is 5.73 Å². The number of sulfonamides is 1. The van der Waals surface area contributed by atoms with E-state index in [-0.39, 0.29) is 11.4 Å². The van der Waals surface area contributed by atoms with Crippen LogP contribution < -0.4 is 10.5 Å². The summed E-state index contributed by atoms with van der Waals surface area (Å²) in [6.45, 7) is 2.12. The van der Waals surface area contributed by atoms with Gasteiger partial charge < -0.3 is 5.73 Å². The van der Waals surface area contributed by atoms with Crippen LogP contribution in [0.2, 0.25) is 10.0 Å². The number of anilines is 1. The lowest BCUT2D eigenvalue weighted by Crippen LogP contribution is -2.13. The third kappa shape index (κ3) is 3.68. The Balaban J connectivity index is 2.36. The molecule has 0 fully saturated rings. The molecular weight excluding hydrogens is 331 g/mol. The second-order valence-corrected chi connectivity index (χ2v) is 7.04. The predicted molar refractivity (Wildman–Crippen MR) is 86.3 cm³/mol. The summed E-state index contributed by atoms with van der Waals surface area (Å²) in [4.78, 5) is 0.0568. The van der Waals surface area contributed by atoms with E-state index in [0.29, 0.717) is 21.3 Å². The van der Waals surface area contributed by atoms with Gasteiger partial charge in [-0.15, -0.1) is 0 Å². The van der Waals surface area contributed by atoms with Gasteiger partial charge in [0.15, 0.2) is 0 Å². The summed E-state index contributed by atoms with van der Waals surface area (Å²) in [5.74, 6) is 0. The summed E-state index contributed by atoms with van der Waals surface area (Å²) in [6, 6.07) is 9.49. The van der Waals surface area contributed by atoms with Gasteiger partial charge in [0.25, 0.3) is 10.0 Å². The minimum absolute atomic E-state index is 0.0568. The summed E-state index contributed by atoms with van der Waals surface area (Å²) < 4.78 is 27.1. The van der Waals surface area contributed by atoms with Crippen molar-refractivity contribution in [3.05, 3.63) is 57.6 Å². The van der Waals surface area contributed by atoms with E-state index in [1.165, 1.54) is 12.1 Å². The van der Waals surface area contributed by atoms with E-state index in [2.05, 4.69) is 4.72 Å². The highest BCUT2D eigenvalue weighted by Crippen LogP contribution is 2.27. The third-order valence-corrected chi connectivity index (χ3v) is 4.95. The number of nitrogens with one attached hydrogen (secondary N) is 1. The van der Waals surface area contributed by atoms with E-state index in [9.17, 15) is 8.42 Å². The molecule has 0 spiro atoms. The molecule has 0 saturated carbocycles. The maximum Gasteiger partial charge on any atom is 0.261 e. The zero-order valence-corrected chi connectivity index (χ0v) is 13.6. The molecule has 2 aromatic rings. The van der Waals surface area contributed by atoms with E-state index in [1.54, 1.807) is 24.3 Å². The summed E-state index contributed by atoms with van der Waals surface area (Å²) >= 11 is 12.0. The molecule has 0 radical (unpaired) electrons. The van der Waals surface area contributed by atoms with Gasteiger partial charge in [-0.25, -0.2) is 8.42 Å². The number of nitrogens with two attached hydrogens (primary N) is 1. The summed E-state index contributed by atoms with van der Waals surface area (Å²) in [7, 11) is -3.76. The molecule has 4 nitrogen and oxygen atoms in total. The van der Waals surface area contributed by atoms with Crippen LogP contribution in [0, 0.1) is 6.92 Å². The van der Waals surface area contributed by atoms with Crippen molar-refractivity contribution in [1.82, 2.24) is 0 Å². The first-order valence-electron chi connectivity index (χ1n) is 6.11. The number of halogens is 2. The van der Waals surface area contributed by atoms with Gasteiger partial charge in [0.05, 0.1) is 15.6 Å². The Morgan fingerprint density at radius 1 is 1.10 bits per heavy atom. The number of aryl methyl sites for hydroxylation is 1. The summed E-state index contributed by atoms with van der Waals surface area (Å²) in [5.41, 5.74) is 7.45. The fourth-order valence-corrected chi connectivity index (χ4v) is 3.53. The molecule has 0 aliphatic heterocycles. The molecule has 0 saturated heterocycles. The van der Waals surface area contributed by atoms with Crippen LogP contribution in [-0.4, -0.2) is 8.42 Å². The van der Waals surface area contributed by atoms with Crippen LogP contribution >= 0.6 is 23.2 Å². The lowest BCUT2D eigenvalue weighted by Gasteiger charge is -2.11. The highest BCUT2D eigenvalue weighted by atomic mass is 35.5. The van der Waals surface area contributed by atoms with E-state index < -0.39 is 10.0 Å². The maximum absolute atomic E-state index is 12.3. The highest BCUT2D eigenvalue weighted by Gasteiger charge is 2.17. The molecule has 0 atom stereocenters. The van der Waals surface area contributed by atoms with Gasteiger partial charge in [-0.05, 0) is 42.3 Å². The number of rotatable bonds is 4. The van der Waals surface area contributed by atoms with Gasteiger partial charge >= 0.3 is 0 Å².